The molecule has 38 heavy (non-hydrogen) atoms. The van der Waals surface area contributed by atoms with E-state index < -0.39 is 0 Å². The maximum Gasteiger partial charge on any atom is 0.249 e. The van der Waals surface area contributed by atoms with E-state index in [0.29, 0.717) is 32.6 Å². The minimum atomic E-state index is -0.254. The van der Waals surface area contributed by atoms with Gasteiger partial charge in [0.05, 0.1) is 17.9 Å². The van der Waals surface area contributed by atoms with Gasteiger partial charge in [0.25, 0.3) is 0 Å². The van der Waals surface area contributed by atoms with E-state index in [1.165, 1.54) is 12.1 Å². The van der Waals surface area contributed by atoms with Crippen LogP contribution in [0.15, 0.2) is 47.7 Å². The van der Waals surface area contributed by atoms with Crippen molar-refractivity contribution < 1.29 is 14.0 Å². The maximum atomic E-state index is 13.8. The van der Waals surface area contributed by atoms with E-state index in [2.05, 4.69) is 37.1 Å². The minimum Gasteiger partial charge on any atom is -0.333 e. The number of carbonyl (C=O) groups is 2. The maximum absolute atomic E-state index is 13.8. The summed E-state index contributed by atoms with van der Waals surface area (Å²) in [6.45, 7) is 13.9. The fourth-order valence-electron chi connectivity index (χ4n) is 5.90. The number of hydrogen-bond donors (Lipinski definition) is 1. The van der Waals surface area contributed by atoms with Crippen LogP contribution >= 0.6 is 0 Å². The van der Waals surface area contributed by atoms with Gasteiger partial charge in [0, 0.05) is 62.0 Å². The van der Waals surface area contributed by atoms with Crippen molar-refractivity contribution in [1.29, 1.82) is 0 Å². The van der Waals surface area contributed by atoms with E-state index >= 15 is 0 Å². The van der Waals surface area contributed by atoms with E-state index in [-0.39, 0.29) is 35.1 Å². The van der Waals surface area contributed by atoms with Crippen LogP contribution in [0.25, 0.3) is 0 Å². The fraction of sp³-hybridized carbons (Fsp3) is 0.500. The molecule has 1 N–H and O–H groups in total. The normalized spacial score (nSPS) is 23.4. The van der Waals surface area contributed by atoms with Crippen LogP contribution in [0.1, 0.15) is 51.4 Å². The van der Waals surface area contributed by atoms with Gasteiger partial charge in [0.15, 0.2) is 0 Å². The van der Waals surface area contributed by atoms with Crippen LogP contribution in [-0.2, 0) is 21.4 Å². The highest BCUT2D eigenvalue weighted by atomic mass is 19.1. The van der Waals surface area contributed by atoms with Crippen LogP contribution in [0.5, 0.6) is 0 Å². The average molecular weight is 520 g/mol. The highest BCUT2D eigenvalue weighted by Crippen LogP contribution is 2.39. The molecule has 1 fully saturated rings. The molecule has 202 valence electrons. The SMILES string of the molecule is CC1=C(C)C(=O)N(C[C@H]2CN[C@H](C)CN2CC(=O)N2CC(C)(C)c3ncc(Cc4ccc(F)cc4)cc32)C1. The molecule has 0 spiro atoms. The monoisotopic (exact) mass is 519 g/mol. The van der Waals surface area contributed by atoms with Crippen molar-refractivity contribution in [2.75, 3.05) is 44.2 Å². The summed E-state index contributed by atoms with van der Waals surface area (Å²) in [7, 11) is 0. The largest absolute Gasteiger partial charge is 0.333 e. The summed E-state index contributed by atoms with van der Waals surface area (Å²) >= 11 is 0. The molecule has 3 aliphatic heterocycles. The first kappa shape index (κ1) is 26.5. The lowest BCUT2D eigenvalue weighted by atomic mass is 9.91. The third kappa shape index (κ3) is 5.24. The summed E-state index contributed by atoms with van der Waals surface area (Å²) in [4.78, 5) is 37.4. The molecule has 1 aromatic carbocycles. The molecule has 0 radical (unpaired) electrons. The van der Waals surface area contributed by atoms with Gasteiger partial charge >= 0.3 is 0 Å². The molecule has 7 nitrogen and oxygen atoms in total. The van der Waals surface area contributed by atoms with Gasteiger partial charge in [-0.2, -0.15) is 0 Å². The number of pyridine rings is 1. The van der Waals surface area contributed by atoms with Crippen molar-refractivity contribution in [2.45, 2.75) is 58.5 Å². The summed E-state index contributed by atoms with van der Waals surface area (Å²) in [6, 6.07) is 8.89. The highest BCUT2D eigenvalue weighted by Gasteiger charge is 2.41. The number of piperazine rings is 1. The Morgan fingerprint density at radius 3 is 2.61 bits per heavy atom. The molecule has 8 heteroatoms. The standard InChI is InChI=1S/C30H38FN5O2/c1-19-14-35(29(38)21(19)3)16-25-13-32-20(2)15-34(25)17-27(37)36-18-30(4,5)28-26(36)11-23(12-33-28)10-22-6-8-24(31)9-7-22/h6-9,11-12,20,25,32H,10,13-18H2,1-5H3/t20-,25-/m1/s1. The van der Waals surface area contributed by atoms with Crippen LogP contribution in [-0.4, -0.2) is 78.0 Å². The van der Waals surface area contributed by atoms with Crippen LogP contribution in [0.2, 0.25) is 0 Å². The van der Waals surface area contributed by atoms with E-state index in [4.69, 9.17) is 4.98 Å². The second kappa shape index (κ2) is 10.2. The Morgan fingerprint density at radius 1 is 1.18 bits per heavy atom. The third-order valence-corrected chi connectivity index (χ3v) is 8.20. The molecule has 4 heterocycles. The lowest BCUT2D eigenvalue weighted by Gasteiger charge is -2.41. The first-order chi connectivity index (χ1) is 18.0. The lowest BCUT2D eigenvalue weighted by molar-refractivity contribution is -0.126. The van der Waals surface area contributed by atoms with Crippen LogP contribution < -0.4 is 10.2 Å². The number of benzene rings is 1. The molecule has 3 aliphatic rings. The van der Waals surface area contributed by atoms with Crippen LogP contribution in [0.4, 0.5) is 10.1 Å². The van der Waals surface area contributed by atoms with Gasteiger partial charge in [-0.25, -0.2) is 4.39 Å². The number of anilines is 1. The second-order valence-electron chi connectivity index (χ2n) is 11.9. The van der Waals surface area contributed by atoms with E-state index in [9.17, 15) is 14.0 Å². The van der Waals surface area contributed by atoms with Gasteiger partial charge in [0.1, 0.15) is 5.82 Å². The van der Waals surface area contributed by atoms with Crippen molar-refractivity contribution in [3.63, 3.8) is 0 Å². The molecule has 0 aliphatic carbocycles. The van der Waals surface area contributed by atoms with Crippen molar-refractivity contribution in [3.8, 4) is 0 Å². The van der Waals surface area contributed by atoms with Crippen molar-refractivity contribution in [3.05, 3.63) is 70.3 Å². The topological polar surface area (TPSA) is 68.8 Å². The molecule has 2 aromatic rings. The van der Waals surface area contributed by atoms with Crippen molar-refractivity contribution in [1.82, 2.24) is 20.1 Å². The Labute approximate surface area is 224 Å². The molecule has 0 saturated carbocycles. The lowest BCUT2D eigenvalue weighted by Crippen LogP contribution is -2.61. The number of aromatic nitrogens is 1. The Balaban J connectivity index is 1.33. The summed E-state index contributed by atoms with van der Waals surface area (Å²) in [5.41, 5.74) is 5.49. The summed E-state index contributed by atoms with van der Waals surface area (Å²) < 4.78 is 13.4. The summed E-state index contributed by atoms with van der Waals surface area (Å²) in [5.74, 6) is -0.104. The first-order valence-corrected chi connectivity index (χ1v) is 13.5. The number of hydrogen-bond acceptors (Lipinski definition) is 5. The average Bonchev–Trinajstić information content (AvgIpc) is 3.28. The zero-order valence-electron chi connectivity index (χ0n) is 23.1. The Kier molecular flexibility index (Phi) is 7.13. The summed E-state index contributed by atoms with van der Waals surface area (Å²) in [6.07, 6.45) is 2.49. The Bertz CT molecular complexity index is 1270. The smallest absolute Gasteiger partial charge is 0.249 e. The zero-order chi connectivity index (χ0) is 27.2. The molecule has 0 bridgehead atoms. The molecule has 2 atom stereocenters. The Hall–Kier alpha value is -3.10. The number of rotatable bonds is 6. The number of fused-ring (bicyclic) bond motifs is 1. The van der Waals surface area contributed by atoms with Gasteiger partial charge in [-0.1, -0.05) is 26.0 Å². The van der Waals surface area contributed by atoms with E-state index in [0.717, 1.165) is 46.7 Å². The number of halogens is 1. The van der Waals surface area contributed by atoms with Gasteiger partial charge in [-0.15, -0.1) is 0 Å². The molecular weight excluding hydrogens is 481 g/mol. The molecule has 1 aromatic heterocycles. The number of nitrogens with one attached hydrogen (secondary N) is 1. The van der Waals surface area contributed by atoms with Crippen LogP contribution in [0, 0.1) is 5.82 Å². The van der Waals surface area contributed by atoms with Gasteiger partial charge in [0.2, 0.25) is 11.8 Å². The second-order valence-corrected chi connectivity index (χ2v) is 11.9. The van der Waals surface area contributed by atoms with Crippen molar-refractivity contribution >= 4 is 17.5 Å². The molecular formula is C30H38FN5O2. The molecule has 0 unspecified atom stereocenters. The first-order valence-electron chi connectivity index (χ1n) is 13.5. The molecule has 2 amide bonds. The Morgan fingerprint density at radius 2 is 1.92 bits per heavy atom. The van der Waals surface area contributed by atoms with E-state index in [1.54, 1.807) is 12.1 Å². The predicted molar refractivity (Wildman–Crippen MR) is 147 cm³/mol. The van der Waals surface area contributed by atoms with Gasteiger partial charge in [-0.3, -0.25) is 19.5 Å². The highest BCUT2D eigenvalue weighted by molar-refractivity contribution is 5.97. The van der Waals surface area contributed by atoms with Gasteiger partial charge < -0.3 is 15.1 Å². The minimum absolute atomic E-state index is 0.0508. The van der Waals surface area contributed by atoms with Crippen molar-refractivity contribution in [2.24, 2.45) is 0 Å². The molecule has 1 saturated heterocycles. The number of nitrogens with zero attached hydrogens (tertiary/aromatic N) is 4. The quantitative estimate of drug-likeness (QED) is 0.635. The van der Waals surface area contributed by atoms with Crippen LogP contribution in [0.3, 0.4) is 0 Å². The van der Waals surface area contributed by atoms with E-state index in [1.807, 2.05) is 29.8 Å². The number of amides is 2. The third-order valence-electron chi connectivity index (χ3n) is 8.20. The molecule has 5 rings (SSSR count). The van der Waals surface area contributed by atoms with Gasteiger partial charge in [-0.05, 0) is 62.1 Å². The zero-order valence-corrected chi connectivity index (χ0v) is 23.1. The predicted octanol–water partition coefficient (Wildman–Crippen LogP) is 3.28. The number of carbonyl (C=O) groups excluding carboxylic acids is 2. The summed E-state index contributed by atoms with van der Waals surface area (Å²) in [5, 5.41) is 3.53. The fourth-order valence-corrected chi connectivity index (χ4v) is 5.90.